The van der Waals surface area contributed by atoms with Crippen LogP contribution in [0.1, 0.15) is 38.5 Å². The molecule has 0 radical (unpaired) electrons. The zero-order chi connectivity index (χ0) is 24.3. The van der Waals surface area contributed by atoms with Crippen LogP contribution in [0.3, 0.4) is 0 Å². The highest BCUT2D eigenvalue weighted by molar-refractivity contribution is 7.14. The fourth-order valence-electron chi connectivity index (χ4n) is 4.19. The Morgan fingerprint density at radius 1 is 1.24 bits per heavy atom. The highest BCUT2D eigenvalue weighted by Gasteiger charge is 2.40. The van der Waals surface area contributed by atoms with E-state index in [1.54, 1.807) is 16.3 Å². The molecule has 2 fully saturated rings. The van der Waals surface area contributed by atoms with Crippen molar-refractivity contribution in [3.63, 3.8) is 0 Å². The number of halogens is 3. The molecule has 1 atom stereocenters. The van der Waals surface area contributed by atoms with Crippen molar-refractivity contribution < 1.29 is 37.3 Å². The molecule has 2 heterocycles. The maximum atomic E-state index is 13.5. The van der Waals surface area contributed by atoms with Gasteiger partial charge in [-0.15, -0.1) is 24.5 Å². The Kier molecular flexibility index (Phi) is 7.42. The number of aliphatic carboxylic acids is 1. The zero-order valence-electron chi connectivity index (χ0n) is 18.3. The van der Waals surface area contributed by atoms with E-state index < -0.39 is 18.2 Å². The van der Waals surface area contributed by atoms with E-state index in [1.165, 1.54) is 29.5 Å². The van der Waals surface area contributed by atoms with Crippen molar-refractivity contribution in [3.8, 4) is 17.0 Å². The molecule has 1 unspecified atom stereocenters. The second-order valence-electron chi connectivity index (χ2n) is 8.62. The number of carbonyl (C=O) groups is 2. The van der Waals surface area contributed by atoms with Gasteiger partial charge in [-0.25, -0.2) is 4.98 Å². The first-order valence-corrected chi connectivity index (χ1v) is 12.0. The minimum atomic E-state index is -4.80. The van der Waals surface area contributed by atoms with Crippen LogP contribution in [0.4, 0.5) is 18.3 Å². The second-order valence-corrected chi connectivity index (χ2v) is 9.45. The summed E-state index contributed by atoms with van der Waals surface area (Å²) in [7, 11) is 0. The van der Waals surface area contributed by atoms with Crippen molar-refractivity contribution in [1.29, 1.82) is 0 Å². The molecule has 0 bridgehead atoms. The quantitative estimate of drug-likeness (QED) is 0.517. The summed E-state index contributed by atoms with van der Waals surface area (Å²) in [5.41, 5.74) is 0.849. The molecule has 184 valence electrons. The van der Waals surface area contributed by atoms with Crippen molar-refractivity contribution >= 4 is 28.3 Å². The Morgan fingerprint density at radius 3 is 2.62 bits per heavy atom. The maximum absolute atomic E-state index is 13.5. The van der Waals surface area contributed by atoms with Gasteiger partial charge in [0.15, 0.2) is 5.13 Å². The lowest BCUT2D eigenvalue weighted by Gasteiger charge is -2.29. The molecule has 2 aliphatic rings. The number of aromatic nitrogens is 1. The molecule has 11 heteroatoms. The summed E-state index contributed by atoms with van der Waals surface area (Å²) in [4.78, 5) is 31.2. The number of alkyl halides is 3. The van der Waals surface area contributed by atoms with Crippen LogP contribution >= 0.6 is 11.3 Å². The van der Waals surface area contributed by atoms with Crippen LogP contribution in [0.2, 0.25) is 0 Å². The Hall–Kier alpha value is -2.66. The topological polar surface area (TPSA) is 89.0 Å². The summed E-state index contributed by atoms with van der Waals surface area (Å²) in [6.07, 6.45) is -1.39. The van der Waals surface area contributed by atoms with Gasteiger partial charge in [-0.1, -0.05) is 12.1 Å². The normalized spacial score (nSPS) is 17.9. The third-order valence-electron chi connectivity index (χ3n) is 5.94. The summed E-state index contributed by atoms with van der Waals surface area (Å²) >= 11 is 1.21. The predicted octanol–water partition coefficient (Wildman–Crippen LogP) is 5.11. The van der Waals surface area contributed by atoms with E-state index in [9.17, 15) is 27.9 Å². The molecular formula is C23H25F3N2O5S. The first-order valence-electron chi connectivity index (χ1n) is 11.1. The number of carboxylic acid groups (broad SMARTS) is 1. The Morgan fingerprint density at radius 2 is 1.97 bits per heavy atom. The van der Waals surface area contributed by atoms with Gasteiger partial charge in [-0.3, -0.25) is 14.5 Å². The summed E-state index contributed by atoms with van der Waals surface area (Å²) in [6.45, 7) is 1.22. The smallest absolute Gasteiger partial charge is 0.481 e. The lowest BCUT2D eigenvalue weighted by atomic mass is 9.86. The van der Waals surface area contributed by atoms with Crippen molar-refractivity contribution in [2.45, 2.75) is 50.9 Å². The standard InChI is InChI=1S/C23H25F3N2O5S/c24-23(25,26)33-18-3-1-2-15(11-18)19-13-34-22(27-19)28(17-4-5-17)21(31)16(12-20(29)30)10-14-6-8-32-9-7-14/h1-3,11,13-14,16-17H,4-10,12H2,(H,29,30). The van der Waals surface area contributed by atoms with Gasteiger partial charge in [0.2, 0.25) is 5.91 Å². The number of hydrogen-bond donors (Lipinski definition) is 1. The molecule has 7 nitrogen and oxygen atoms in total. The molecule has 1 saturated carbocycles. The molecule has 1 amide bonds. The van der Waals surface area contributed by atoms with Crippen LogP contribution in [-0.4, -0.2) is 47.6 Å². The van der Waals surface area contributed by atoms with Crippen LogP contribution in [-0.2, 0) is 14.3 Å². The molecule has 1 N–H and O–H groups in total. The molecule has 4 rings (SSSR count). The second kappa shape index (κ2) is 10.3. The number of ether oxygens (including phenoxy) is 2. The van der Waals surface area contributed by atoms with Crippen LogP contribution in [0.15, 0.2) is 29.6 Å². The summed E-state index contributed by atoms with van der Waals surface area (Å²) in [5.74, 6) is -2.08. The highest BCUT2D eigenvalue weighted by Crippen LogP contribution is 2.39. The number of carbonyl (C=O) groups excluding carboxylic acids is 1. The van der Waals surface area contributed by atoms with E-state index >= 15 is 0 Å². The predicted molar refractivity (Wildman–Crippen MR) is 119 cm³/mol. The van der Waals surface area contributed by atoms with Crippen molar-refractivity contribution in [3.05, 3.63) is 29.6 Å². The van der Waals surface area contributed by atoms with Crippen LogP contribution < -0.4 is 9.64 Å². The van der Waals surface area contributed by atoms with Gasteiger partial charge in [0.25, 0.3) is 0 Å². The molecule has 1 aliphatic carbocycles. The van der Waals surface area contributed by atoms with Crippen LogP contribution in [0.5, 0.6) is 5.75 Å². The van der Waals surface area contributed by atoms with Crippen LogP contribution in [0.25, 0.3) is 11.3 Å². The number of rotatable bonds is 9. The summed E-state index contributed by atoms with van der Waals surface area (Å²) in [6, 6.07) is 5.46. The van der Waals surface area contributed by atoms with Gasteiger partial charge in [-0.2, -0.15) is 0 Å². The minimum absolute atomic E-state index is 0.0441. The number of carboxylic acids is 1. The number of hydrogen-bond acceptors (Lipinski definition) is 6. The van der Waals surface area contributed by atoms with Crippen LogP contribution in [0, 0.1) is 11.8 Å². The molecule has 1 aromatic heterocycles. The van der Waals surface area contributed by atoms with Crippen molar-refractivity contribution in [2.75, 3.05) is 18.1 Å². The molecule has 2 aromatic rings. The van der Waals surface area contributed by atoms with Gasteiger partial charge in [0.05, 0.1) is 12.1 Å². The average molecular weight is 499 g/mol. The number of benzene rings is 1. The third-order valence-corrected chi connectivity index (χ3v) is 6.78. The minimum Gasteiger partial charge on any atom is -0.481 e. The fourth-order valence-corrected chi connectivity index (χ4v) is 5.10. The van der Waals surface area contributed by atoms with E-state index in [0.717, 1.165) is 25.7 Å². The third kappa shape index (κ3) is 6.47. The lowest BCUT2D eigenvalue weighted by molar-refractivity contribution is -0.274. The average Bonchev–Trinajstić information content (AvgIpc) is 3.48. The first-order chi connectivity index (χ1) is 16.2. The van der Waals surface area contributed by atoms with Gasteiger partial charge >= 0.3 is 12.3 Å². The van der Waals surface area contributed by atoms with Gasteiger partial charge < -0.3 is 14.6 Å². The van der Waals surface area contributed by atoms with Crippen molar-refractivity contribution in [1.82, 2.24) is 4.98 Å². The van der Waals surface area contributed by atoms with E-state index in [0.29, 0.717) is 36.0 Å². The van der Waals surface area contributed by atoms with E-state index in [4.69, 9.17) is 4.74 Å². The molecule has 34 heavy (non-hydrogen) atoms. The largest absolute Gasteiger partial charge is 0.573 e. The number of nitrogens with zero attached hydrogens (tertiary/aromatic N) is 2. The molecular weight excluding hydrogens is 473 g/mol. The van der Waals surface area contributed by atoms with Gasteiger partial charge in [0, 0.05) is 36.1 Å². The monoisotopic (exact) mass is 498 g/mol. The number of thiazole rings is 1. The fraction of sp³-hybridized carbons (Fsp3) is 0.522. The summed E-state index contributed by atoms with van der Waals surface area (Å²) < 4.78 is 47.1. The number of anilines is 1. The SMILES string of the molecule is O=C(O)CC(CC1CCOCC1)C(=O)N(c1nc(-c2cccc(OC(F)(F)F)c2)cs1)C1CC1. The molecule has 0 spiro atoms. The zero-order valence-corrected chi connectivity index (χ0v) is 19.1. The lowest BCUT2D eigenvalue weighted by Crippen LogP contribution is -2.40. The Labute approximate surface area is 198 Å². The molecule has 1 aromatic carbocycles. The van der Waals surface area contributed by atoms with Gasteiger partial charge in [0.1, 0.15) is 5.75 Å². The van der Waals surface area contributed by atoms with E-state index in [-0.39, 0.29) is 30.0 Å². The first kappa shape index (κ1) is 24.5. The number of amides is 1. The molecule has 1 aliphatic heterocycles. The molecule has 1 saturated heterocycles. The van der Waals surface area contributed by atoms with Gasteiger partial charge in [-0.05, 0) is 50.2 Å². The maximum Gasteiger partial charge on any atom is 0.573 e. The Bertz CT molecular complexity index is 1020. The highest BCUT2D eigenvalue weighted by atomic mass is 32.1. The summed E-state index contributed by atoms with van der Waals surface area (Å²) in [5, 5.41) is 11.5. The Balaban J connectivity index is 1.55. The van der Waals surface area contributed by atoms with E-state index in [2.05, 4.69) is 9.72 Å². The van der Waals surface area contributed by atoms with Crippen molar-refractivity contribution in [2.24, 2.45) is 11.8 Å². The van der Waals surface area contributed by atoms with E-state index in [1.807, 2.05) is 0 Å².